The number of benzene rings is 1. The SMILES string of the molecule is CCc1ccc(CNC(=O)CN2CCCc3nc(C)ncc3C2=O)cc1. The summed E-state index contributed by atoms with van der Waals surface area (Å²) in [4.78, 5) is 35.1. The number of hydrogen-bond donors (Lipinski definition) is 1. The van der Waals surface area contributed by atoms with E-state index in [9.17, 15) is 9.59 Å². The molecule has 2 aromatic rings. The quantitative estimate of drug-likeness (QED) is 0.894. The Morgan fingerprint density at radius 1 is 1.23 bits per heavy atom. The highest BCUT2D eigenvalue weighted by Crippen LogP contribution is 2.16. The number of nitrogens with one attached hydrogen (secondary N) is 1. The number of amides is 2. The maximum absolute atomic E-state index is 12.7. The van der Waals surface area contributed by atoms with Gasteiger partial charge in [0.15, 0.2) is 0 Å². The first-order chi connectivity index (χ1) is 12.6. The van der Waals surface area contributed by atoms with E-state index in [2.05, 4.69) is 34.3 Å². The number of aromatic nitrogens is 2. The minimum atomic E-state index is -0.167. The summed E-state index contributed by atoms with van der Waals surface area (Å²) in [5, 5.41) is 2.89. The molecule has 3 rings (SSSR count). The van der Waals surface area contributed by atoms with Crippen molar-refractivity contribution in [2.45, 2.75) is 39.7 Å². The fourth-order valence-electron chi connectivity index (χ4n) is 3.07. The molecule has 26 heavy (non-hydrogen) atoms. The Bertz CT molecular complexity index is 802. The molecule has 136 valence electrons. The van der Waals surface area contributed by atoms with Crippen molar-refractivity contribution in [1.82, 2.24) is 20.2 Å². The van der Waals surface area contributed by atoms with Crippen molar-refractivity contribution >= 4 is 11.8 Å². The van der Waals surface area contributed by atoms with Crippen LogP contribution < -0.4 is 5.32 Å². The van der Waals surface area contributed by atoms with Gasteiger partial charge in [0.25, 0.3) is 5.91 Å². The molecule has 0 saturated carbocycles. The van der Waals surface area contributed by atoms with Gasteiger partial charge in [-0.15, -0.1) is 0 Å². The Balaban J connectivity index is 1.59. The summed E-state index contributed by atoms with van der Waals surface area (Å²) in [5.41, 5.74) is 3.61. The topological polar surface area (TPSA) is 75.2 Å². The predicted molar refractivity (Wildman–Crippen MR) is 98.7 cm³/mol. The summed E-state index contributed by atoms with van der Waals surface area (Å²) >= 11 is 0. The first-order valence-corrected chi connectivity index (χ1v) is 9.03. The molecule has 0 radical (unpaired) electrons. The lowest BCUT2D eigenvalue weighted by atomic mass is 10.1. The van der Waals surface area contributed by atoms with Gasteiger partial charge in [0.05, 0.1) is 17.8 Å². The van der Waals surface area contributed by atoms with Crippen molar-refractivity contribution in [3.8, 4) is 0 Å². The van der Waals surface area contributed by atoms with E-state index in [4.69, 9.17) is 0 Å². The third-order valence-electron chi connectivity index (χ3n) is 4.60. The third kappa shape index (κ3) is 4.25. The van der Waals surface area contributed by atoms with Gasteiger partial charge < -0.3 is 10.2 Å². The average Bonchev–Trinajstić information content (AvgIpc) is 2.79. The van der Waals surface area contributed by atoms with Crippen molar-refractivity contribution < 1.29 is 9.59 Å². The van der Waals surface area contributed by atoms with Crippen LogP contribution in [0.5, 0.6) is 0 Å². The van der Waals surface area contributed by atoms with E-state index in [1.54, 1.807) is 11.1 Å². The van der Waals surface area contributed by atoms with Crippen LogP contribution in [-0.2, 0) is 24.2 Å². The number of hydrogen-bond acceptors (Lipinski definition) is 4. The first-order valence-electron chi connectivity index (χ1n) is 9.03. The zero-order chi connectivity index (χ0) is 18.5. The highest BCUT2D eigenvalue weighted by atomic mass is 16.2. The second-order valence-electron chi connectivity index (χ2n) is 6.55. The molecule has 2 heterocycles. The standard InChI is InChI=1S/C20H24N4O2/c1-3-15-6-8-16(9-7-15)11-22-19(25)13-24-10-4-5-18-17(20(24)26)12-21-14(2)23-18/h6-9,12H,3-5,10-11,13H2,1-2H3,(H,22,25). The van der Waals surface area contributed by atoms with Gasteiger partial charge in [0, 0.05) is 19.3 Å². The van der Waals surface area contributed by atoms with E-state index < -0.39 is 0 Å². The molecule has 0 aliphatic carbocycles. The van der Waals surface area contributed by atoms with Crippen LogP contribution >= 0.6 is 0 Å². The maximum atomic E-state index is 12.7. The van der Waals surface area contributed by atoms with Gasteiger partial charge in [-0.05, 0) is 37.3 Å². The van der Waals surface area contributed by atoms with Gasteiger partial charge in [-0.25, -0.2) is 9.97 Å². The molecule has 6 nitrogen and oxygen atoms in total. The lowest BCUT2D eigenvalue weighted by Crippen LogP contribution is -2.40. The van der Waals surface area contributed by atoms with Crippen molar-refractivity contribution in [3.05, 3.63) is 58.7 Å². The lowest BCUT2D eigenvalue weighted by Gasteiger charge is -2.20. The molecule has 1 aromatic heterocycles. The Morgan fingerprint density at radius 3 is 2.69 bits per heavy atom. The van der Waals surface area contributed by atoms with Crippen molar-refractivity contribution in [3.63, 3.8) is 0 Å². The Hall–Kier alpha value is -2.76. The zero-order valence-corrected chi connectivity index (χ0v) is 15.3. The van der Waals surface area contributed by atoms with Crippen LogP contribution in [0.2, 0.25) is 0 Å². The van der Waals surface area contributed by atoms with Gasteiger partial charge in [0.2, 0.25) is 5.91 Å². The molecule has 0 unspecified atom stereocenters. The molecule has 1 aromatic carbocycles. The maximum Gasteiger partial charge on any atom is 0.257 e. The summed E-state index contributed by atoms with van der Waals surface area (Å²) in [7, 11) is 0. The van der Waals surface area contributed by atoms with Gasteiger partial charge in [-0.1, -0.05) is 31.2 Å². The Morgan fingerprint density at radius 2 is 1.96 bits per heavy atom. The summed E-state index contributed by atoms with van der Waals surface area (Å²) in [6, 6.07) is 8.18. The molecule has 1 aliphatic rings. The van der Waals surface area contributed by atoms with E-state index in [0.29, 0.717) is 24.5 Å². The smallest absolute Gasteiger partial charge is 0.257 e. The summed E-state index contributed by atoms with van der Waals surface area (Å²) < 4.78 is 0. The molecule has 1 aliphatic heterocycles. The number of carbonyl (C=O) groups excluding carboxylic acids is 2. The second kappa shape index (κ2) is 8.08. The Labute approximate surface area is 153 Å². The number of rotatable bonds is 5. The lowest BCUT2D eigenvalue weighted by molar-refractivity contribution is -0.122. The minimum absolute atomic E-state index is 0.0548. The number of nitrogens with zero attached hydrogens (tertiary/aromatic N) is 3. The van der Waals surface area contributed by atoms with Crippen molar-refractivity contribution in [2.75, 3.05) is 13.1 Å². The van der Waals surface area contributed by atoms with Gasteiger partial charge >= 0.3 is 0 Å². The molecule has 0 fully saturated rings. The molecule has 2 amide bonds. The van der Waals surface area contributed by atoms with E-state index in [-0.39, 0.29) is 18.4 Å². The molecule has 6 heteroatoms. The molecular formula is C20H24N4O2. The fourth-order valence-corrected chi connectivity index (χ4v) is 3.07. The van der Waals surface area contributed by atoms with Crippen LogP contribution in [0.15, 0.2) is 30.5 Å². The van der Waals surface area contributed by atoms with E-state index >= 15 is 0 Å². The zero-order valence-electron chi connectivity index (χ0n) is 15.3. The van der Waals surface area contributed by atoms with Crippen LogP contribution in [0.1, 0.15) is 46.3 Å². The molecule has 0 saturated heterocycles. The highest BCUT2D eigenvalue weighted by Gasteiger charge is 2.25. The molecular weight excluding hydrogens is 328 g/mol. The second-order valence-corrected chi connectivity index (χ2v) is 6.55. The van der Waals surface area contributed by atoms with Crippen LogP contribution in [0.3, 0.4) is 0 Å². The summed E-state index contributed by atoms with van der Waals surface area (Å²) in [5.74, 6) is 0.339. The number of aryl methyl sites for hydroxylation is 3. The largest absolute Gasteiger partial charge is 0.350 e. The molecule has 1 N–H and O–H groups in total. The first kappa shape index (κ1) is 18.0. The summed E-state index contributed by atoms with van der Waals surface area (Å²) in [6.07, 6.45) is 4.09. The monoisotopic (exact) mass is 352 g/mol. The van der Waals surface area contributed by atoms with Crippen LogP contribution in [-0.4, -0.2) is 39.8 Å². The number of fused-ring (bicyclic) bond motifs is 1. The predicted octanol–water partition coefficient (Wildman–Crippen LogP) is 2.05. The van der Waals surface area contributed by atoms with Crippen LogP contribution in [0.25, 0.3) is 0 Å². The minimum Gasteiger partial charge on any atom is -0.350 e. The van der Waals surface area contributed by atoms with Crippen molar-refractivity contribution in [1.29, 1.82) is 0 Å². The normalized spacial score (nSPS) is 13.9. The average molecular weight is 352 g/mol. The molecule has 0 spiro atoms. The Kier molecular flexibility index (Phi) is 5.61. The fraction of sp³-hybridized carbons (Fsp3) is 0.400. The van der Waals surface area contributed by atoms with Crippen LogP contribution in [0, 0.1) is 6.92 Å². The van der Waals surface area contributed by atoms with Gasteiger partial charge in [0.1, 0.15) is 5.82 Å². The summed E-state index contributed by atoms with van der Waals surface area (Å²) in [6.45, 7) is 4.99. The number of carbonyl (C=O) groups is 2. The van der Waals surface area contributed by atoms with Gasteiger partial charge in [-0.2, -0.15) is 0 Å². The molecule has 0 atom stereocenters. The highest BCUT2D eigenvalue weighted by molar-refractivity contribution is 5.97. The third-order valence-corrected chi connectivity index (χ3v) is 4.60. The van der Waals surface area contributed by atoms with Crippen LogP contribution in [0.4, 0.5) is 0 Å². The van der Waals surface area contributed by atoms with Crippen molar-refractivity contribution in [2.24, 2.45) is 0 Å². The van der Waals surface area contributed by atoms with Gasteiger partial charge in [-0.3, -0.25) is 9.59 Å². The van der Waals surface area contributed by atoms with E-state index in [1.165, 1.54) is 5.56 Å². The molecule has 0 bridgehead atoms. The van der Waals surface area contributed by atoms with E-state index in [1.807, 2.05) is 19.1 Å². The van der Waals surface area contributed by atoms with E-state index in [0.717, 1.165) is 30.5 Å².